The minimum atomic E-state index is -1.04. The third kappa shape index (κ3) is 3.01. The molecule has 1 rings (SSSR count). The summed E-state index contributed by atoms with van der Waals surface area (Å²) < 4.78 is 12.9. The molecule has 1 aromatic carbocycles. The fourth-order valence-corrected chi connectivity index (χ4v) is 1.14. The Morgan fingerprint density at radius 3 is 2.50 bits per heavy atom. The molecule has 0 unspecified atom stereocenters. The van der Waals surface area contributed by atoms with Crippen LogP contribution >= 0.6 is 22.6 Å². The van der Waals surface area contributed by atoms with Crippen LogP contribution in [0.4, 0.5) is 4.39 Å². The molecule has 0 saturated carbocycles. The van der Waals surface area contributed by atoms with Crippen LogP contribution in [0.25, 0.3) is 0 Å². The molecule has 0 heterocycles. The summed E-state index contributed by atoms with van der Waals surface area (Å²) >= 11 is 1.74. The van der Waals surface area contributed by atoms with Gasteiger partial charge in [-0.05, 0) is 40.8 Å². The number of aromatic carboxylic acids is 1. The van der Waals surface area contributed by atoms with Crippen molar-refractivity contribution in [1.82, 2.24) is 0 Å². The Balaban J connectivity index is 0.00000121. The summed E-state index contributed by atoms with van der Waals surface area (Å²) in [7, 11) is 0. The molecule has 0 fully saturated rings. The first-order chi connectivity index (χ1) is 5.11. The van der Waals surface area contributed by atoms with E-state index in [4.69, 9.17) is 5.11 Å². The monoisotopic (exact) mass is 289 g/mol. The van der Waals surface area contributed by atoms with Gasteiger partial charge < -0.3 is 5.11 Å². The second kappa shape index (κ2) is 5.16. The number of rotatable bonds is 1. The van der Waals surface area contributed by atoms with E-state index in [1.165, 1.54) is 12.1 Å². The molecule has 59 valence electrons. The first-order valence-electron chi connectivity index (χ1n) is 2.79. The van der Waals surface area contributed by atoms with Crippen molar-refractivity contribution in [1.29, 1.82) is 0 Å². The van der Waals surface area contributed by atoms with Gasteiger partial charge in [0.25, 0.3) is 0 Å². The second-order valence-corrected chi connectivity index (χ2v) is 3.10. The Kier molecular flexibility index (Phi) is 5.31. The third-order valence-electron chi connectivity index (χ3n) is 1.17. The van der Waals surface area contributed by atoms with Crippen molar-refractivity contribution < 1.29 is 14.3 Å². The van der Waals surface area contributed by atoms with Gasteiger partial charge in [-0.1, -0.05) is 0 Å². The van der Waals surface area contributed by atoms with E-state index in [9.17, 15) is 9.18 Å². The maximum absolute atomic E-state index is 12.6. The zero-order chi connectivity index (χ0) is 8.43. The summed E-state index contributed by atoms with van der Waals surface area (Å²) in [5.41, 5.74) is 0.107. The van der Waals surface area contributed by atoms with Crippen LogP contribution in [0.2, 0.25) is 0 Å². The van der Waals surface area contributed by atoms with Gasteiger partial charge in [-0.3, -0.25) is 0 Å². The van der Waals surface area contributed by atoms with Crippen LogP contribution < -0.4 is 0 Å². The normalized spacial score (nSPS) is 8.83. The summed E-state index contributed by atoms with van der Waals surface area (Å²) in [5.74, 6) is -1.43. The summed E-state index contributed by atoms with van der Waals surface area (Å²) in [4.78, 5) is 10.3. The standard InChI is InChI=1S/C7H4FIO2.Na/c8-5-2-1-4(7(10)11)3-6(5)9;/h1-3H,(H,10,11);. The van der Waals surface area contributed by atoms with Crippen molar-refractivity contribution in [2.45, 2.75) is 0 Å². The Morgan fingerprint density at radius 2 is 2.08 bits per heavy atom. The molecule has 12 heavy (non-hydrogen) atoms. The number of hydrogen-bond acceptors (Lipinski definition) is 1. The number of carboxylic acids is 1. The SMILES string of the molecule is O=C(O)c1ccc(F)c(I)c1.[Na]. The van der Waals surface area contributed by atoms with Crippen LogP contribution in [0, 0.1) is 9.39 Å². The summed E-state index contributed by atoms with van der Waals surface area (Å²) in [6, 6.07) is 3.67. The van der Waals surface area contributed by atoms with Crippen molar-refractivity contribution in [3.63, 3.8) is 0 Å². The van der Waals surface area contributed by atoms with E-state index in [1.807, 2.05) is 0 Å². The molecule has 0 amide bonds. The van der Waals surface area contributed by atoms with Crippen molar-refractivity contribution >= 4 is 58.1 Å². The number of halogens is 2. The summed E-state index contributed by atoms with van der Waals surface area (Å²) in [5, 5.41) is 8.47. The van der Waals surface area contributed by atoms with Gasteiger partial charge in [0, 0.05) is 33.1 Å². The number of carbonyl (C=O) groups is 1. The average Bonchev–Trinajstić information content (AvgIpc) is 1.94. The average molecular weight is 289 g/mol. The van der Waals surface area contributed by atoms with E-state index in [0.29, 0.717) is 3.57 Å². The Hall–Kier alpha value is 0.350. The van der Waals surface area contributed by atoms with E-state index in [-0.39, 0.29) is 35.1 Å². The Labute approximate surface area is 105 Å². The fraction of sp³-hybridized carbons (Fsp3) is 0. The molecule has 1 radical (unpaired) electrons. The van der Waals surface area contributed by atoms with Crippen LogP contribution in [0.3, 0.4) is 0 Å². The molecule has 0 saturated heterocycles. The van der Waals surface area contributed by atoms with Crippen molar-refractivity contribution in [3.05, 3.63) is 33.1 Å². The smallest absolute Gasteiger partial charge is 0.335 e. The van der Waals surface area contributed by atoms with Gasteiger partial charge in [0.15, 0.2) is 0 Å². The molecule has 2 nitrogen and oxygen atoms in total. The maximum atomic E-state index is 12.6. The predicted molar refractivity (Wildman–Crippen MR) is 51.8 cm³/mol. The van der Waals surface area contributed by atoms with Gasteiger partial charge in [0.2, 0.25) is 0 Å². The zero-order valence-electron chi connectivity index (χ0n) is 6.34. The molecule has 0 atom stereocenters. The number of benzene rings is 1. The van der Waals surface area contributed by atoms with Crippen molar-refractivity contribution in [2.75, 3.05) is 0 Å². The molecular weight excluding hydrogens is 285 g/mol. The molecule has 1 N–H and O–H groups in total. The molecule has 0 aliphatic carbocycles. The van der Waals surface area contributed by atoms with Crippen LogP contribution in [-0.4, -0.2) is 40.6 Å². The van der Waals surface area contributed by atoms with Gasteiger partial charge >= 0.3 is 5.97 Å². The Bertz CT molecular complexity index is 303. The van der Waals surface area contributed by atoms with Gasteiger partial charge in [-0.2, -0.15) is 0 Å². The minimum absolute atomic E-state index is 0. The number of hydrogen-bond donors (Lipinski definition) is 1. The quantitative estimate of drug-likeness (QED) is 0.631. The second-order valence-electron chi connectivity index (χ2n) is 1.93. The summed E-state index contributed by atoms with van der Waals surface area (Å²) in [6.07, 6.45) is 0. The first-order valence-corrected chi connectivity index (χ1v) is 3.87. The summed E-state index contributed by atoms with van der Waals surface area (Å²) in [6.45, 7) is 0. The van der Waals surface area contributed by atoms with E-state index in [1.54, 1.807) is 22.6 Å². The van der Waals surface area contributed by atoms with E-state index < -0.39 is 11.8 Å². The maximum Gasteiger partial charge on any atom is 0.335 e. The van der Waals surface area contributed by atoms with Crippen molar-refractivity contribution in [2.24, 2.45) is 0 Å². The zero-order valence-corrected chi connectivity index (χ0v) is 10.5. The van der Waals surface area contributed by atoms with Crippen LogP contribution in [-0.2, 0) is 0 Å². The number of carboxylic acid groups (broad SMARTS) is 1. The van der Waals surface area contributed by atoms with E-state index in [2.05, 4.69) is 0 Å². The largest absolute Gasteiger partial charge is 0.478 e. The third-order valence-corrected chi connectivity index (χ3v) is 1.99. The van der Waals surface area contributed by atoms with Gasteiger partial charge in [0.05, 0.1) is 5.56 Å². The van der Waals surface area contributed by atoms with Crippen molar-refractivity contribution in [3.8, 4) is 0 Å². The fourth-order valence-electron chi connectivity index (χ4n) is 0.629. The molecule has 0 spiro atoms. The molecular formula is C7H4FINaO2. The molecule has 5 heteroatoms. The van der Waals surface area contributed by atoms with E-state index in [0.717, 1.165) is 6.07 Å². The van der Waals surface area contributed by atoms with Gasteiger partial charge in [-0.15, -0.1) is 0 Å². The van der Waals surface area contributed by atoms with Crippen LogP contribution in [0.1, 0.15) is 10.4 Å². The topological polar surface area (TPSA) is 37.3 Å². The van der Waals surface area contributed by atoms with Gasteiger partial charge in [0.1, 0.15) is 5.82 Å². The predicted octanol–water partition coefficient (Wildman–Crippen LogP) is 1.75. The molecule has 1 aromatic rings. The molecule has 0 aliphatic rings. The van der Waals surface area contributed by atoms with Crippen LogP contribution in [0.5, 0.6) is 0 Å². The molecule has 0 aliphatic heterocycles. The first kappa shape index (κ1) is 12.3. The van der Waals surface area contributed by atoms with Gasteiger partial charge in [-0.25, -0.2) is 9.18 Å². The molecule has 0 aromatic heterocycles. The Morgan fingerprint density at radius 1 is 1.50 bits per heavy atom. The van der Waals surface area contributed by atoms with E-state index >= 15 is 0 Å². The molecule has 0 bridgehead atoms. The van der Waals surface area contributed by atoms with Crippen LogP contribution in [0.15, 0.2) is 18.2 Å². The minimum Gasteiger partial charge on any atom is -0.478 e.